The number of benzene rings is 1. The summed E-state index contributed by atoms with van der Waals surface area (Å²) in [6.45, 7) is 5.28. The molecular weight excluding hydrogens is 224 g/mol. The first kappa shape index (κ1) is 12.8. The van der Waals surface area contributed by atoms with Crippen LogP contribution in [0.4, 0.5) is 0 Å². The second kappa shape index (κ2) is 5.83. The molecule has 3 nitrogen and oxygen atoms in total. The second-order valence-electron chi connectivity index (χ2n) is 4.66. The number of aldehydes is 1. The lowest BCUT2D eigenvalue weighted by molar-refractivity contribution is 0.112. The van der Waals surface area contributed by atoms with Crippen molar-refractivity contribution >= 4 is 17.2 Å². The summed E-state index contributed by atoms with van der Waals surface area (Å²) >= 11 is 0. The van der Waals surface area contributed by atoms with Gasteiger partial charge in [0.05, 0.1) is 0 Å². The van der Waals surface area contributed by atoms with Gasteiger partial charge in [-0.15, -0.1) is 0 Å². The van der Waals surface area contributed by atoms with E-state index >= 15 is 0 Å². The molecule has 2 aromatic rings. The average molecular weight is 244 g/mol. The number of hydrogen-bond acceptors (Lipinski definition) is 2. The summed E-state index contributed by atoms with van der Waals surface area (Å²) in [5, 5.41) is 1.05. The van der Waals surface area contributed by atoms with Crippen molar-refractivity contribution in [2.24, 2.45) is 0 Å². The third-order valence-corrected chi connectivity index (χ3v) is 3.43. The standard InChI is InChI=1S/C15H20N2O/c1-3-16(2)9-6-10-17-11-13(12-18)14-7-4-5-8-15(14)17/h4-5,7-8,11-12H,3,6,9-10H2,1-2H3. The van der Waals surface area contributed by atoms with Crippen LogP contribution < -0.4 is 0 Å². The lowest BCUT2D eigenvalue weighted by Crippen LogP contribution is -2.19. The summed E-state index contributed by atoms with van der Waals surface area (Å²) in [6, 6.07) is 8.08. The smallest absolute Gasteiger partial charge is 0.152 e. The Hall–Kier alpha value is -1.61. The number of rotatable bonds is 6. The predicted molar refractivity (Wildman–Crippen MR) is 75.1 cm³/mol. The van der Waals surface area contributed by atoms with Gasteiger partial charge in [-0.1, -0.05) is 25.1 Å². The SMILES string of the molecule is CCN(C)CCCn1cc(C=O)c2ccccc21. The number of aryl methyl sites for hydroxylation is 1. The van der Waals surface area contributed by atoms with Gasteiger partial charge in [-0.05, 0) is 32.6 Å². The lowest BCUT2D eigenvalue weighted by atomic mass is 10.2. The molecule has 1 heterocycles. The first-order valence-corrected chi connectivity index (χ1v) is 6.48. The predicted octanol–water partition coefficient (Wildman–Crippen LogP) is 2.80. The van der Waals surface area contributed by atoms with Crippen molar-refractivity contribution in [3.63, 3.8) is 0 Å². The van der Waals surface area contributed by atoms with Crippen LogP contribution in [0, 0.1) is 0 Å². The Balaban J connectivity index is 2.15. The van der Waals surface area contributed by atoms with E-state index in [-0.39, 0.29) is 0 Å². The highest BCUT2D eigenvalue weighted by molar-refractivity contribution is 5.97. The minimum absolute atomic E-state index is 0.787. The topological polar surface area (TPSA) is 25.2 Å². The number of hydrogen-bond donors (Lipinski definition) is 0. The van der Waals surface area contributed by atoms with Crippen molar-refractivity contribution in [3.05, 3.63) is 36.0 Å². The van der Waals surface area contributed by atoms with Gasteiger partial charge in [0.1, 0.15) is 0 Å². The maximum Gasteiger partial charge on any atom is 0.152 e. The van der Waals surface area contributed by atoms with Gasteiger partial charge in [-0.3, -0.25) is 4.79 Å². The van der Waals surface area contributed by atoms with Crippen molar-refractivity contribution in [1.82, 2.24) is 9.47 Å². The number of fused-ring (bicyclic) bond motifs is 1. The van der Waals surface area contributed by atoms with Gasteiger partial charge in [0.15, 0.2) is 6.29 Å². The zero-order valence-electron chi connectivity index (χ0n) is 11.1. The summed E-state index contributed by atoms with van der Waals surface area (Å²) < 4.78 is 2.18. The molecule has 0 N–H and O–H groups in total. The fraction of sp³-hybridized carbons (Fsp3) is 0.400. The first-order valence-electron chi connectivity index (χ1n) is 6.48. The number of aromatic nitrogens is 1. The van der Waals surface area contributed by atoms with Crippen LogP contribution in [0.3, 0.4) is 0 Å². The summed E-state index contributed by atoms with van der Waals surface area (Å²) in [5.74, 6) is 0. The zero-order chi connectivity index (χ0) is 13.0. The van der Waals surface area contributed by atoms with Crippen molar-refractivity contribution in [3.8, 4) is 0 Å². The average Bonchev–Trinajstić information content (AvgIpc) is 2.77. The molecule has 0 aliphatic heterocycles. The van der Waals surface area contributed by atoms with Gasteiger partial charge in [0, 0.05) is 29.2 Å². The number of carbonyl (C=O) groups is 1. The van der Waals surface area contributed by atoms with E-state index in [4.69, 9.17) is 0 Å². The fourth-order valence-corrected chi connectivity index (χ4v) is 2.22. The van der Waals surface area contributed by atoms with Crippen molar-refractivity contribution in [2.45, 2.75) is 19.9 Å². The molecule has 0 aliphatic rings. The Kier molecular flexibility index (Phi) is 4.15. The molecule has 96 valence electrons. The summed E-state index contributed by atoms with van der Waals surface area (Å²) in [4.78, 5) is 13.3. The summed E-state index contributed by atoms with van der Waals surface area (Å²) in [7, 11) is 2.13. The van der Waals surface area contributed by atoms with E-state index in [9.17, 15) is 4.79 Å². The molecule has 0 saturated carbocycles. The third-order valence-electron chi connectivity index (χ3n) is 3.43. The maximum atomic E-state index is 11.0. The van der Waals surface area contributed by atoms with Gasteiger partial charge in [0.25, 0.3) is 0 Å². The molecule has 0 amide bonds. The number of para-hydroxylation sites is 1. The van der Waals surface area contributed by atoms with Crippen LogP contribution in [-0.4, -0.2) is 35.9 Å². The third kappa shape index (κ3) is 2.62. The molecule has 0 atom stereocenters. The summed E-state index contributed by atoms with van der Waals surface area (Å²) in [6.07, 6.45) is 4.00. The van der Waals surface area contributed by atoms with Crippen molar-refractivity contribution in [2.75, 3.05) is 20.1 Å². The Labute approximate surface area is 108 Å². The van der Waals surface area contributed by atoms with Gasteiger partial charge in [-0.25, -0.2) is 0 Å². The molecule has 0 aliphatic carbocycles. The molecule has 0 unspecified atom stereocenters. The molecular formula is C15H20N2O. The molecule has 0 bridgehead atoms. The Bertz CT molecular complexity index is 530. The molecule has 18 heavy (non-hydrogen) atoms. The zero-order valence-corrected chi connectivity index (χ0v) is 11.1. The van der Waals surface area contributed by atoms with Crippen molar-refractivity contribution in [1.29, 1.82) is 0 Å². The van der Waals surface area contributed by atoms with Crippen LogP contribution in [0.2, 0.25) is 0 Å². The van der Waals surface area contributed by atoms with Crippen LogP contribution in [-0.2, 0) is 6.54 Å². The van der Waals surface area contributed by atoms with Crippen LogP contribution in [0.5, 0.6) is 0 Å². The fourth-order valence-electron chi connectivity index (χ4n) is 2.22. The highest BCUT2D eigenvalue weighted by atomic mass is 16.1. The highest BCUT2D eigenvalue weighted by Gasteiger charge is 2.06. The second-order valence-corrected chi connectivity index (χ2v) is 4.66. The van der Waals surface area contributed by atoms with Crippen molar-refractivity contribution < 1.29 is 4.79 Å². The van der Waals surface area contributed by atoms with Gasteiger partial charge >= 0.3 is 0 Å². The molecule has 3 heteroatoms. The van der Waals surface area contributed by atoms with Crippen LogP contribution in [0.25, 0.3) is 10.9 Å². The first-order chi connectivity index (χ1) is 8.76. The Morgan fingerprint density at radius 1 is 1.33 bits per heavy atom. The summed E-state index contributed by atoms with van der Waals surface area (Å²) in [5.41, 5.74) is 1.94. The van der Waals surface area contributed by atoms with E-state index in [1.54, 1.807) is 0 Å². The number of carbonyl (C=O) groups excluding carboxylic acids is 1. The van der Waals surface area contributed by atoms with Gasteiger partial charge in [0.2, 0.25) is 0 Å². The molecule has 0 spiro atoms. The maximum absolute atomic E-state index is 11.0. The van der Waals surface area contributed by atoms with Crippen LogP contribution in [0.1, 0.15) is 23.7 Å². The minimum atomic E-state index is 0.787. The van der Waals surface area contributed by atoms with E-state index in [1.807, 2.05) is 24.4 Å². The van der Waals surface area contributed by atoms with Gasteiger partial charge < -0.3 is 9.47 Å². The largest absolute Gasteiger partial charge is 0.347 e. The van der Waals surface area contributed by atoms with Crippen LogP contribution in [0.15, 0.2) is 30.5 Å². The quantitative estimate of drug-likeness (QED) is 0.730. The van der Waals surface area contributed by atoms with E-state index in [1.165, 1.54) is 0 Å². The minimum Gasteiger partial charge on any atom is -0.347 e. The molecule has 0 saturated heterocycles. The molecule has 2 rings (SSSR count). The van der Waals surface area contributed by atoms with E-state index in [0.717, 1.165) is 48.8 Å². The normalized spacial score (nSPS) is 11.3. The highest BCUT2D eigenvalue weighted by Crippen LogP contribution is 2.20. The van der Waals surface area contributed by atoms with E-state index < -0.39 is 0 Å². The molecule has 0 radical (unpaired) electrons. The Morgan fingerprint density at radius 3 is 2.83 bits per heavy atom. The molecule has 1 aromatic heterocycles. The monoisotopic (exact) mass is 244 g/mol. The Morgan fingerprint density at radius 2 is 2.11 bits per heavy atom. The number of nitrogens with zero attached hydrogens (tertiary/aromatic N) is 2. The lowest BCUT2D eigenvalue weighted by Gasteiger charge is -2.13. The van der Waals surface area contributed by atoms with Crippen LogP contribution >= 0.6 is 0 Å². The van der Waals surface area contributed by atoms with E-state index in [0.29, 0.717) is 0 Å². The van der Waals surface area contributed by atoms with Gasteiger partial charge in [-0.2, -0.15) is 0 Å². The molecule has 1 aromatic carbocycles. The van der Waals surface area contributed by atoms with E-state index in [2.05, 4.69) is 29.5 Å². The molecule has 0 fully saturated rings.